The first-order chi connectivity index (χ1) is 20.2. The molecule has 200 valence electrons. The molecule has 0 saturated carbocycles. The van der Waals surface area contributed by atoms with E-state index in [2.05, 4.69) is 76.9 Å². The summed E-state index contributed by atoms with van der Waals surface area (Å²) >= 11 is 0. The number of ether oxygens (including phenoxy) is 1. The molecule has 0 fully saturated rings. The monoisotopic (exact) mass is 536 g/mol. The third kappa shape index (κ3) is 5.06. The molecule has 41 heavy (non-hydrogen) atoms. The van der Waals surface area contributed by atoms with Crippen LogP contribution in [0.3, 0.4) is 0 Å². The Hall–Kier alpha value is -5.29. The lowest BCUT2D eigenvalue weighted by Crippen LogP contribution is -2.22. The number of hydrogen-bond donors (Lipinski definition) is 1. The number of nitrogens with one attached hydrogen (secondary N) is 1. The molecule has 5 aromatic rings. The van der Waals surface area contributed by atoms with E-state index in [1.54, 1.807) is 6.26 Å². The molecule has 1 N–H and O–H groups in total. The van der Waals surface area contributed by atoms with Gasteiger partial charge in [-0.25, -0.2) is 0 Å². The third-order valence-electron chi connectivity index (χ3n) is 7.50. The number of rotatable bonds is 7. The zero-order valence-corrected chi connectivity index (χ0v) is 22.4. The fraction of sp³-hybridized carbons (Fsp3) is 0.0833. The molecule has 0 spiro atoms. The van der Waals surface area contributed by atoms with E-state index in [9.17, 15) is 4.79 Å². The minimum atomic E-state index is -0.222. The highest BCUT2D eigenvalue weighted by molar-refractivity contribution is 6.06. The zero-order chi connectivity index (χ0) is 27.6. The molecule has 1 amide bonds. The van der Waals surface area contributed by atoms with Crippen molar-refractivity contribution in [3.63, 3.8) is 0 Å². The van der Waals surface area contributed by atoms with E-state index in [0.717, 1.165) is 41.0 Å². The highest BCUT2D eigenvalue weighted by atomic mass is 16.5. The smallest absolute Gasteiger partial charge is 0.256 e. The van der Waals surface area contributed by atoms with Crippen LogP contribution in [0, 0.1) is 0 Å². The van der Waals surface area contributed by atoms with Crippen LogP contribution in [0.2, 0.25) is 0 Å². The van der Waals surface area contributed by atoms with Crippen molar-refractivity contribution in [2.45, 2.75) is 19.2 Å². The highest BCUT2D eigenvalue weighted by Gasteiger charge is 2.29. The van der Waals surface area contributed by atoms with Gasteiger partial charge in [-0.15, -0.1) is 0 Å². The second kappa shape index (κ2) is 10.7. The average molecular weight is 537 g/mol. The predicted molar refractivity (Wildman–Crippen MR) is 163 cm³/mol. The predicted octanol–water partition coefficient (Wildman–Crippen LogP) is 7.67. The Morgan fingerprint density at radius 3 is 2.34 bits per heavy atom. The topological polar surface area (TPSA) is 54.7 Å². The van der Waals surface area contributed by atoms with E-state index < -0.39 is 0 Å². The SMILES string of the molecule is O=C(NC1=CC=CC2Oc3ccc(N(Cc4ccccc4)Cc4ccccc4)cc3C2=C1)c1cccc2occc12. The number of nitrogens with zero attached hydrogens (tertiary/aromatic N) is 1. The van der Waals surface area contributed by atoms with Crippen molar-refractivity contribution in [3.05, 3.63) is 162 Å². The summed E-state index contributed by atoms with van der Waals surface area (Å²) in [6, 6.07) is 34.7. The summed E-state index contributed by atoms with van der Waals surface area (Å²) in [5, 5.41) is 3.88. The molecule has 0 radical (unpaired) electrons. The number of anilines is 1. The number of carbonyl (C=O) groups excluding carboxylic acids is 1. The standard InChI is InChI=1S/C36H28N2O3/c39-36(30-14-8-15-33-29(30)19-20-40-33)37-27-13-7-16-34-31(21-27)32-22-28(17-18-35(32)41-34)38(23-25-9-3-1-4-10-25)24-26-11-5-2-6-12-26/h1-22,34H,23-24H2,(H,37,39). The fourth-order valence-corrected chi connectivity index (χ4v) is 5.49. The number of amides is 1. The van der Waals surface area contributed by atoms with E-state index in [1.807, 2.05) is 60.7 Å². The molecule has 2 aliphatic rings. The Kier molecular flexibility index (Phi) is 6.45. The summed E-state index contributed by atoms with van der Waals surface area (Å²) in [5.74, 6) is 0.654. The Morgan fingerprint density at radius 1 is 0.829 bits per heavy atom. The lowest BCUT2D eigenvalue weighted by Gasteiger charge is -2.26. The van der Waals surface area contributed by atoms with E-state index in [-0.39, 0.29) is 12.0 Å². The average Bonchev–Trinajstić information content (AvgIpc) is 3.57. The molecule has 1 atom stereocenters. The summed E-state index contributed by atoms with van der Waals surface area (Å²) in [6.45, 7) is 1.55. The van der Waals surface area contributed by atoms with Gasteiger partial charge in [0.1, 0.15) is 17.4 Å². The van der Waals surface area contributed by atoms with Gasteiger partial charge in [-0.05, 0) is 65.8 Å². The van der Waals surface area contributed by atoms with Crippen molar-refractivity contribution in [2.24, 2.45) is 0 Å². The summed E-state index contributed by atoms with van der Waals surface area (Å²) in [7, 11) is 0. The maximum atomic E-state index is 13.3. The number of furan rings is 1. The van der Waals surface area contributed by atoms with Crippen LogP contribution in [0.1, 0.15) is 27.0 Å². The molecule has 5 heteroatoms. The van der Waals surface area contributed by atoms with Crippen LogP contribution in [-0.2, 0) is 13.1 Å². The quantitative estimate of drug-likeness (QED) is 0.232. The van der Waals surface area contributed by atoms with Gasteiger partial charge in [0.2, 0.25) is 0 Å². The number of carbonyl (C=O) groups is 1. The second-order valence-electron chi connectivity index (χ2n) is 10.2. The van der Waals surface area contributed by atoms with Gasteiger partial charge in [-0.3, -0.25) is 4.79 Å². The lowest BCUT2D eigenvalue weighted by molar-refractivity contribution is 0.0968. The minimum absolute atomic E-state index is 0.184. The second-order valence-corrected chi connectivity index (χ2v) is 10.2. The van der Waals surface area contributed by atoms with Gasteiger partial charge in [0, 0.05) is 41.0 Å². The first-order valence-corrected chi connectivity index (χ1v) is 13.7. The van der Waals surface area contributed by atoms with Crippen LogP contribution in [0.4, 0.5) is 5.69 Å². The van der Waals surface area contributed by atoms with Crippen molar-refractivity contribution in [3.8, 4) is 5.75 Å². The molecule has 4 aromatic carbocycles. The number of fused-ring (bicyclic) bond motifs is 4. The van der Waals surface area contributed by atoms with Gasteiger partial charge >= 0.3 is 0 Å². The van der Waals surface area contributed by atoms with Crippen molar-refractivity contribution < 1.29 is 13.9 Å². The maximum Gasteiger partial charge on any atom is 0.256 e. The van der Waals surface area contributed by atoms with Crippen molar-refractivity contribution >= 4 is 28.1 Å². The Labute approximate surface area is 238 Å². The van der Waals surface area contributed by atoms with Crippen molar-refractivity contribution in [1.29, 1.82) is 0 Å². The van der Waals surface area contributed by atoms with Gasteiger partial charge in [-0.1, -0.05) is 72.8 Å². The van der Waals surface area contributed by atoms with Gasteiger partial charge in [0.05, 0.1) is 11.8 Å². The van der Waals surface area contributed by atoms with Crippen LogP contribution >= 0.6 is 0 Å². The number of allylic oxidation sites excluding steroid dienone is 3. The first-order valence-electron chi connectivity index (χ1n) is 13.7. The zero-order valence-electron chi connectivity index (χ0n) is 22.4. The molecule has 1 unspecified atom stereocenters. The van der Waals surface area contributed by atoms with Crippen LogP contribution in [0.25, 0.3) is 16.5 Å². The normalized spacial score (nSPS) is 15.3. The van der Waals surface area contributed by atoms with E-state index in [4.69, 9.17) is 9.15 Å². The van der Waals surface area contributed by atoms with Gasteiger partial charge in [0.15, 0.2) is 0 Å². The maximum absolute atomic E-state index is 13.3. The summed E-state index contributed by atoms with van der Waals surface area (Å²) in [6.07, 6.45) is 9.26. The molecule has 7 rings (SSSR count). The van der Waals surface area contributed by atoms with Gasteiger partial charge in [0.25, 0.3) is 5.91 Å². The molecular weight excluding hydrogens is 508 g/mol. The largest absolute Gasteiger partial charge is 0.481 e. The molecule has 5 nitrogen and oxygen atoms in total. The van der Waals surface area contributed by atoms with Crippen molar-refractivity contribution in [1.82, 2.24) is 5.32 Å². The summed E-state index contributed by atoms with van der Waals surface area (Å²) < 4.78 is 11.8. The van der Waals surface area contributed by atoms with Crippen LogP contribution in [0.15, 0.2) is 144 Å². The van der Waals surface area contributed by atoms with Crippen LogP contribution < -0.4 is 15.0 Å². The first kappa shape index (κ1) is 24.7. The van der Waals surface area contributed by atoms with Gasteiger partial charge < -0.3 is 19.4 Å². The Balaban J connectivity index is 1.20. The summed E-state index contributed by atoms with van der Waals surface area (Å²) in [5.41, 5.74) is 7.61. The van der Waals surface area contributed by atoms with Crippen LogP contribution in [0.5, 0.6) is 5.75 Å². The number of hydrogen-bond acceptors (Lipinski definition) is 4. The third-order valence-corrected chi connectivity index (χ3v) is 7.50. The lowest BCUT2D eigenvalue weighted by atomic mass is 10.0. The van der Waals surface area contributed by atoms with E-state index in [0.29, 0.717) is 16.8 Å². The van der Waals surface area contributed by atoms with Gasteiger partial charge in [-0.2, -0.15) is 0 Å². The molecule has 1 aliphatic heterocycles. The highest BCUT2D eigenvalue weighted by Crippen LogP contribution is 2.42. The molecule has 0 saturated heterocycles. The van der Waals surface area contributed by atoms with E-state index >= 15 is 0 Å². The molecule has 1 aromatic heterocycles. The Bertz CT molecular complexity index is 1770. The molecule has 1 aliphatic carbocycles. The minimum Gasteiger partial charge on any atom is -0.481 e. The molecule has 0 bridgehead atoms. The molecular formula is C36H28N2O3. The van der Waals surface area contributed by atoms with Crippen molar-refractivity contribution in [2.75, 3.05) is 4.90 Å². The molecule has 2 heterocycles. The van der Waals surface area contributed by atoms with E-state index in [1.165, 1.54) is 11.1 Å². The number of benzene rings is 4. The summed E-state index contributed by atoms with van der Waals surface area (Å²) in [4.78, 5) is 15.7. The fourth-order valence-electron chi connectivity index (χ4n) is 5.49. The Morgan fingerprint density at radius 2 is 1.59 bits per heavy atom. The van der Waals surface area contributed by atoms with Crippen LogP contribution in [-0.4, -0.2) is 12.0 Å².